The second kappa shape index (κ2) is 6.59. The van der Waals surface area contributed by atoms with Gasteiger partial charge in [0, 0.05) is 30.7 Å². The van der Waals surface area contributed by atoms with Crippen molar-refractivity contribution in [2.45, 2.75) is 45.7 Å². The molecule has 3 heteroatoms. The van der Waals surface area contributed by atoms with E-state index in [9.17, 15) is 0 Å². The number of hydrogen-bond acceptors (Lipinski definition) is 3. The third kappa shape index (κ3) is 3.53. The van der Waals surface area contributed by atoms with Crippen LogP contribution in [0.1, 0.15) is 43.9 Å². The monoisotopic (exact) mass is 276 g/mol. The van der Waals surface area contributed by atoms with Crippen LogP contribution in [0.4, 0.5) is 0 Å². The first-order valence-electron chi connectivity index (χ1n) is 7.65. The van der Waals surface area contributed by atoms with Crippen molar-refractivity contribution in [3.63, 3.8) is 0 Å². The summed E-state index contributed by atoms with van der Waals surface area (Å²) in [7, 11) is 1.71. The number of likely N-dealkylation sites (tertiary alicyclic amines) is 1. The molecule has 3 nitrogen and oxygen atoms in total. The van der Waals surface area contributed by atoms with Crippen molar-refractivity contribution in [3.05, 3.63) is 29.3 Å². The quantitative estimate of drug-likeness (QED) is 0.918. The fraction of sp³-hybridized carbons (Fsp3) is 0.647. The molecule has 2 rings (SSSR count). The minimum atomic E-state index is 0.0117. The van der Waals surface area contributed by atoms with Gasteiger partial charge in [-0.2, -0.15) is 0 Å². The molecule has 112 valence electrons. The molecule has 0 aromatic heterocycles. The van der Waals surface area contributed by atoms with Gasteiger partial charge in [0.05, 0.1) is 7.11 Å². The number of rotatable bonds is 4. The molecule has 0 aliphatic carbocycles. The number of methoxy groups -OCH3 is 1. The van der Waals surface area contributed by atoms with Crippen LogP contribution in [-0.2, 0) is 0 Å². The standard InChI is InChI=1S/C17H28N2O/c1-12-6-8-17(20-4)15(9-12)16(18)11-19-10-13(2)5-7-14(19)3/h6,8-9,13-14,16H,5,7,10-11,18H2,1-4H3. The molecule has 3 unspecified atom stereocenters. The lowest BCUT2D eigenvalue weighted by atomic mass is 9.93. The maximum absolute atomic E-state index is 6.46. The molecule has 1 saturated heterocycles. The first kappa shape index (κ1) is 15.3. The second-order valence-corrected chi connectivity index (χ2v) is 6.34. The molecule has 0 radical (unpaired) electrons. The van der Waals surface area contributed by atoms with Gasteiger partial charge in [0.1, 0.15) is 5.75 Å². The van der Waals surface area contributed by atoms with Crippen LogP contribution in [-0.4, -0.2) is 31.1 Å². The lowest BCUT2D eigenvalue weighted by Gasteiger charge is -2.38. The van der Waals surface area contributed by atoms with Crippen LogP contribution >= 0.6 is 0 Å². The van der Waals surface area contributed by atoms with Crippen molar-refractivity contribution in [2.24, 2.45) is 11.7 Å². The predicted octanol–water partition coefficient (Wildman–Crippen LogP) is 3.12. The van der Waals surface area contributed by atoms with E-state index in [1.807, 2.05) is 6.07 Å². The van der Waals surface area contributed by atoms with Gasteiger partial charge >= 0.3 is 0 Å². The fourth-order valence-electron chi connectivity index (χ4n) is 3.13. The number of nitrogens with zero attached hydrogens (tertiary/aromatic N) is 1. The highest BCUT2D eigenvalue weighted by Crippen LogP contribution is 2.28. The molecule has 20 heavy (non-hydrogen) atoms. The lowest BCUT2D eigenvalue weighted by Crippen LogP contribution is -2.44. The lowest BCUT2D eigenvalue weighted by molar-refractivity contribution is 0.117. The number of benzene rings is 1. The van der Waals surface area contributed by atoms with Gasteiger partial charge in [-0.1, -0.05) is 24.6 Å². The van der Waals surface area contributed by atoms with E-state index in [1.54, 1.807) is 7.11 Å². The van der Waals surface area contributed by atoms with E-state index in [1.165, 1.54) is 18.4 Å². The molecule has 0 amide bonds. The molecule has 0 saturated carbocycles. The van der Waals surface area contributed by atoms with Crippen molar-refractivity contribution >= 4 is 0 Å². The van der Waals surface area contributed by atoms with E-state index < -0.39 is 0 Å². The van der Waals surface area contributed by atoms with E-state index in [4.69, 9.17) is 10.5 Å². The molecule has 2 N–H and O–H groups in total. The summed E-state index contributed by atoms with van der Waals surface area (Å²) in [6.07, 6.45) is 2.61. The molecule has 1 aliphatic heterocycles. The largest absolute Gasteiger partial charge is 0.496 e. The number of hydrogen-bond donors (Lipinski definition) is 1. The number of nitrogens with two attached hydrogens (primary N) is 1. The Labute approximate surface area is 123 Å². The smallest absolute Gasteiger partial charge is 0.123 e. The summed E-state index contributed by atoms with van der Waals surface area (Å²) in [4.78, 5) is 2.53. The summed E-state index contributed by atoms with van der Waals surface area (Å²) in [5.41, 5.74) is 8.81. The van der Waals surface area contributed by atoms with Gasteiger partial charge in [-0.15, -0.1) is 0 Å². The highest BCUT2D eigenvalue weighted by atomic mass is 16.5. The maximum atomic E-state index is 6.46. The van der Waals surface area contributed by atoms with Crippen LogP contribution in [0.5, 0.6) is 5.75 Å². The SMILES string of the molecule is COc1ccc(C)cc1C(N)CN1CC(C)CCC1C. The Morgan fingerprint density at radius 2 is 2.10 bits per heavy atom. The van der Waals surface area contributed by atoms with Crippen LogP contribution in [0.3, 0.4) is 0 Å². The van der Waals surface area contributed by atoms with Crippen molar-refractivity contribution < 1.29 is 4.74 Å². The fourth-order valence-corrected chi connectivity index (χ4v) is 3.13. The molecule has 1 fully saturated rings. The molecule has 1 aliphatic rings. The minimum absolute atomic E-state index is 0.0117. The number of piperidine rings is 1. The van der Waals surface area contributed by atoms with Gasteiger partial charge in [-0.05, 0) is 38.7 Å². The van der Waals surface area contributed by atoms with Crippen LogP contribution < -0.4 is 10.5 Å². The van der Waals surface area contributed by atoms with Gasteiger partial charge in [0.2, 0.25) is 0 Å². The van der Waals surface area contributed by atoms with Crippen molar-refractivity contribution in [3.8, 4) is 5.75 Å². The first-order valence-corrected chi connectivity index (χ1v) is 7.65. The van der Waals surface area contributed by atoms with Gasteiger partial charge < -0.3 is 10.5 Å². The Morgan fingerprint density at radius 3 is 2.80 bits per heavy atom. The molecular weight excluding hydrogens is 248 g/mol. The molecule has 0 bridgehead atoms. The van der Waals surface area contributed by atoms with E-state index in [0.717, 1.165) is 30.3 Å². The summed E-state index contributed by atoms with van der Waals surface area (Å²) in [5, 5.41) is 0. The van der Waals surface area contributed by atoms with E-state index in [0.29, 0.717) is 6.04 Å². The Morgan fingerprint density at radius 1 is 1.35 bits per heavy atom. The van der Waals surface area contributed by atoms with E-state index in [-0.39, 0.29) is 6.04 Å². The second-order valence-electron chi connectivity index (χ2n) is 6.34. The normalized spacial score (nSPS) is 25.4. The van der Waals surface area contributed by atoms with Gasteiger partial charge in [0.15, 0.2) is 0 Å². The minimum Gasteiger partial charge on any atom is -0.496 e. The summed E-state index contributed by atoms with van der Waals surface area (Å²) in [6.45, 7) is 8.80. The Balaban J connectivity index is 2.11. The van der Waals surface area contributed by atoms with Crippen LogP contribution in [0.15, 0.2) is 18.2 Å². The zero-order valence-corrected chi connectivity index (χ0v) is 13.2. The third-order valence-electron chi connectivity index (χ3n) is 4.46. The van der Waals surface area contributed by atoms with Crippen LogP contribution in [0, 0.1) is 12.8 Å². The first-order chi connectivity index (χ1) is 9.51. The van der Waals surface area contributed by atoms with E-state index >= 15 is 0 Å². The highest BCUT2D eigenvalue weighted by Gasteiger charge is 2.25. The number of aryl methyl sites for hydroxylation is 1. The van der Waals surface area contributed by atoms with Crippen molar-refractivity contribution in [1.82, 2.24) is 4.90 Å². The molecular formula is C17H28N2O. The average Bonchev–Trinajstić information content (AvgIpc) is 2.42. The number of ether oxygens (including phenoxy) is 1. The predicted molar refractivity (Wildman–Crippen MR) is 84.1 cm³/mol. The summed E-state index contributed by atoms with van der Waals surface area (Å²) in [5.74, 6) is 1.68. The average molecular weight is 276 g/mol. The Kier molecular flexibility index (Phi) is 5.06. The topological polar surface area (TPSA) is 38.5 Å². The Hall–Kier alpha value is -1.06. The molecule has 0 spiro atoms. The van der Waals surface area contributed by atoms with Crippen molar-refractivity contribution in [1.29, 1.82) is 0 Å². The molecule has 1 heterocycles. The van der Waals surface area contributed by atoms with Crippen molar-refractivity contribution in [2.75, 3.05) is 20.2 Å². The summed E-state index contributed by atoms with van der Waals surface area (Å²) in [6, 6.07) is 6.89. The van der Waals surface area contributed by atoms with Crippen LogP contribution in [0.2, 0.25) is 0 Å². The van der Waals surface area contributed by atoms with Gasteiger partial charge in [-0.3, -0.25) is 4.90 Å². The van der Waals surface area contributed by atoms with Gasteiger partial charge in [-0.25, -0.2) is 0 Å². The van der Waals surface area contributed by atoms with E-state index in [2.05, 4.69) is 37.8 Å². The highest BCUT2D eigenvalue weighted by molar-refractivity contribution is 5.39. The Bertz CT molecular complexity index is 447. The van der Waals surface area contributed by atoms with Gasteiger partial charge in [0.25, 0.3) is 0 Å². The molecule has 1 aromatic carbocycles. The zero-order chi connectivity index (χ0) is 14.7. The molecule has 1 aromatic rings. The zero-order valence-electron chi connectivity index (χ0n) is 13.2. The molecule has 3 atom stereocenters. The van der Waals surface area contributed by atoms with Crippen LogP contribution in [0.25, 0.3) is 0 Å². The summed E-state index contributed by atoms with van der Waals surface area (Å²) >= 11 is 0. The summed E-state index contributed by atoms with van der Waals surface area (Å²) < 4.78 is 5.46. The maximum Gasteiger partial charge on any atom is 0.123 e. The third-order valence-corrected chi connectivity index (χ3v) is 4.46.